The Morgan fingerprint density at radius 3 is 2.90 bits per heavy atom. The summed E-state index contributed by atoms with van der Waals surface area (Å²) in [6.45, 7) is 4.42. The van der Waals surface area contributed by atoms with Gasteiger partial charge in [-0.3, -0.25) is 9.78 Å². The summed E-state index contributed by atoms with van der Waals surface area (Å²) in [6.07, 6.45) is -0.379. The van der Waals surface area contributed by atoms with Gasteiger partial charge in [-0.1, -0.05) is 6.58 Å². The number of carbonyl (C=O) groups excluding carboxylic acids is 1. The fraction of sp³-hybridized carbons (Fsp3) is 0.385. The van der Waals surface area contributed by atoms with Crippen molar-refractivity contribution in [2.75, 3.05) is 18.4 Å². The summed E-state index contributed by atoms with van der Waals surface area (Å²) in [5, 5.41) is 2.97. The van der Waals surface area contributed by atoms with Crippen molar-refractivity contribution in [3.05, 3.63) is 36.7 Å². The zero-order chi connectivity index (χ0) is 14.8. The van der Waals surface area contributed by atoms with Crippen molar-refractivity contribution in [2.24, 2.45) is 0 Å². The number of alkyl halides is 3. The first-order valence-corrected chi connectivity index (χ1v) is 6.10. The minimum Gasteiger partial charge on any atom is -0.379 e. The molecule has 1 aliphatic heterocycles. The number of amides is 1. The van der Waals surface area contributed by atoms with Crippen LogP contribution < -0.4 is 5.32 Å². The molecule has 0 aliphatic carbocycles. The number of likely N-dealkylation sites (tertiary alicyclic amines) is 1. The summed E-state index contributed by atoms with van der Waals surface area (Å²) in [5.74, 6) is -0.170. The van der Waals surface area contributed by atoms with E-state index in [-0.39, 0.29) is 11.9 Å². The standard InChI is InChI=1S/C13H14F3N3O/c1-2-12(20)19-4-3-10(8-19)18-11-5-9(6-17-7-11)13(14,15)16/h2,5-7,10,18H,1,3-4,8H2. The predicted octanol–water partition coefficient (Wildman–Crippen LogP) is 2.30. The number of rotatable bonds is 3. The fourth-order valence-electron chi connectivity index (χ4n) is 2.12. The number of halogens is 3. The molecule has 1 unspecified atom stereocenters. The van der Waals surface area contributed by atoms with Gasteiger partial charge < -0.3 is 10.2 Å². The van der Waals surface area contributed by atoms with Crippen LogP contribution in [0.15, 0.2) is 31.1 Å². The van der Waals surface area contributed by atoms with Crippen LogP contribution in [-0.2, 0) is 11.0 Å². The van der Waals surface area contributed by atoms with Gasteiger partial charge in [0.2, 0.25) is 5.91 Å². The molecule has 2 heterocycles. The lowest BCUT2D eigenvalue weighted by Gasteiger charge is -2.16. The molecule has 1 aliphatic rings. The molecule has 108 valence electrons. The molecule has 7 heteroatoms. The van der Waals surface area contributed by atoms with Gasteiger partial charge in [-0.2, -0.15) is 13.2 Å². The maximum absolute atomic E-state index is 12.6. The second-order valence-electron chi connectivity index (χ2n) is 4.58. The van der Waals surface area contributed by atoms with E-state index in [0.29, 0.717) is 25.2 Å². The van der Waals surface area contributed by atoms with E-state index in [2.05, 4.69) is 16.9 Å². The van der Waals surface area contributed by atoms with E-state index in [1.54, 1.807) is 4.90 Å². The molecule has 4 nitrogen and oxygen atoms in total. The molecule has 0 spiro atoms. The Kier molecular flexibility index (Phi) is 3.96. The summed E-state index contributed by atoms with van der Waals surface area (Å²) in [6, 6.07) is 0.939. The average Bonchev–Trinajstić information content (AvgIpc) is 2.85. The van der Waals surface area contributed by atoms with Crippen molar-refractivity contribution in [1.82, 2.24) is 9.88 Å². The molecule has 1 N–H and O–H groups in total. The maximum atomic E-state index is 12.6. The SMILES string of the molecule is C=CC(=O)N1CCC(Nc2cncc(C(F)(F)F)c2)C1. The van der Waals surface area contributed by atoms with Crippen LogP contribution in [0.5, 0.6) is 0 Å². The Morgan fingerprint density at radius 2 is 2.25 bits per heavy atom. The molecule has 0 bridgehead atoms. The summed E-state index contributed by atoms with van der Waals surface area (Å²) in [5.41, 5.74) is -0.489. The third-order valence-electron chi connectivity index (χ3n) is 3.11. The molecule has 0 radical (unpaired) electrons. The smallest absolute Gasteiger partial charge is 0.379 e. The van der Waals surface area contributed by atoms with Crippen LogP contribution in [0.3, 0.4) is 0 Å². The summed E-state index contributed by atoms with van der Waals surface area (Å²) < 4.78 is 37.7. The van der Waals surface area contributed by atoms with Crippen LogP contribution in [0.2, 0.25) is 0 Å². The topological polar surface area (TPSA) is 45.2 Å². The number of hydrogen-bond donors (Lipinski definition) is 1. The molecule has 1 saturated heterocycles. The van der Waals surface area contributed by atoms with Gasteiger partial charge in [-0.15, -0.1) is 0 Å². The molecule has 1 fully saturated rings. The number of aromatic nitrogens is 1. The van der Waals surface area contributed by atoms with Gasteiger partial charge in [-0.05, 0) is 18.6 Å². The van der Waals surface area contributed by atoms with Gasteiger partial charge in [0, 0.05) is 31.5 Å². The summed E-state index contributed by atoms with van der Waals surface area (Å²) in [7, 11) is 0. The minimum absolute atomic E-state index is 0.0795. The predicted molar refractivity (Wildman–Crippen MR) is 68.0 cm³/mol. The van der Waals surface area contributed by atoms with E-state index in [1.165, 1.54) is 12.3 Å². The second kappa shape index (κ2) is 5.52. The highest BCUT2D eigenvalue weighted by atomic mass is 19.4. The van der Waals surface area contributed by atoms with E-state index < -0.39 is 11.7 Å². The molecule has 20 heavy (non-hydrogen) atoms. The molecular formula is C13H14F3N3O. The highest BCUT2D eigenvalue weighted by Crippen LogP contribution is 2.30. The van der Waals surface area contributed by atoms with E-state index in [4.69, 9.17) is 0 Å². The van der Waals surface area contributed by atoms with Crippen LogP contribution in [0.1, 0.15) is 12.0 Å². The monoisotopic (exact) mass is 285 g/mol. The Bertz CT molecular complexity index is 516. The average molecular weight is 285 g/mol. The van der Waals surface area contributed by atoms with Gasteiger partial charge in [0.1, 0.15) is 0 Å². The molecule has 1 aromatic rings. The molecule has 2 rings (SSSR count). The van der Waals surface area contributed by atoms with Crippen LogP contribution in [0, 0.1) is 0 Å². The van der Waals surface area contributed by atoms with Crippen LogP contribution in [0.25, 0.3) is 0 Å². The molecular weight excluding hydrogens is 271 g/mol. The zero-order valence-electron chi connectivity index (χ0n) is 10.7. The third-order valence-corrected chi connectivity index (χ3v) is 3.11. The van der Waals surface area contributed by atoms with E-state index in [0.717, 1.165) is 12.3 Å². The lowest BCUT2D eigenvalue weighted by molar-refractivity contribution is -0.137. The second-order valence-corrected chi connectivity index (χ2v) is 4.58. The molecule has 1 atom stereocenters. The van der Waals surface area contributed by atoms with Crippen molar-refractivity contribution >= 4 is 11.6 Å². The molecule has 0 aromatic carbocycles. The van der Waals surface area contributed by atoms with Crippen LogP contribution >= 0.6 is 0 Å². The van der Waals surface area contributed by atoms with E-state index in [1.807, 2.05) is 0 Å². The number of nitrogens with zero attached hydrogens (tertiary/aromatic N) is 2. The Labute approximate surface area is 114 Å². The van der Waals surface area contributed by atoms with Gasteiger partial charge in [-0.25, -0.2) is 0 Å². The van der Waals surface area contributed by atoms with Crippen molar-refractivity contribution < 1.29 is 18.0 Å². The zero-order valence-corrected chi connectivity index (χ0v) is 10.7. The largest absolute Gasteiger partial charge is 0.417 e. The van der Waals surface area contributed by atoms with Crippen molar-refractivity contribution in [2.45, 2.75) is 18.6 Å². The third kappa shape index (κ3) is 3.28. The lowest BCUT2D eigenvalue weighted by Crippen LogP contribution is -2.30. The van der Waals surface area contributed by atoms with E-state index >= 15 is 0 Å². The lowest BCUT2D eigenvalue weighted by atomic mass is 10.2. The normalized spacial score (nSPS) is 18.9. The Hall–Kier alpha value is -2.05. The van der Waals surface area contributed by atoms with Gasteiger partial charge in [0.05, 0.1) is 11.3 Å². The first-order valence-electron chi connectivity index (χ1n) is 6.10. The minimum atomic E-state index is -4.41. The quantitative estimate of drug-likeness (QED) is 0.867. The van der Waals surface area contributed by atoms with Gasteiger partial charge in [0.15, 0.2) is 0 Å². The first kappa shape index (κ1) is 14.4. The van der Waals surface area contributed by atoms with Crippen molar-refractivity contribution in [1.29, 1.82) is 0 Å². The number of nitrogens with one attached hydrogen (secondary N) is 1. The van der Waals surface area contributed by atoms with Crippen molar-refractivity contribution in [3.63, 3.8) is 0 Å². The molecule has 1 amide bonds. The van der Waals surface area contributed by atoms with Crippen LogP contribution in [-0.4, -0.2) is 34.9 Å². The number of hydrogen-bond acceptors (Lipinski definition) is 3. The van der Waals surface area contributed by atoms with Crippen molar-refractivity contribution in [3.8, 4) is 0 Å². The highest BCUT2D eigenvalue weighted by Gasteiger charge is 2.31. The Balaban J connectivity index is 2.01. The molecule has 1 aromatic heterocycles. The number of carbonyl (C=O) groups is 1. The highest BCUT2D eigenvalue weighted by molar-refractivity contribution is 5.87. The van der Waals surface area contributed by atoms with Gasteiger partial charge in [0.25, 0.3) is 0 Å². The van der Waals surface area contributed by atoms with Crippen LogP contribution in [0.4, 0.5) is 18.9 Å². The Morgan fingerprint density at radius 1 is 1.50 bits per heavy atom. The fourth-order valence-corrected chi connectivity index (χ4v) is 2.12. The van der Waals surface area contributed by atoms with Gasteiger partial charge >= 0.3 is 6.18 Å². The van der Waals surface area contributed by atoms with E-state index in [9.17, 15) is 18.0 Å². The maximum Gasteiger partial charge on any atom is 0.417 e. The first-order chi connectivity index (χ1) is 9.40. The summed E-state index contributed by atoms with van der Waals surface area (Å²) in [4.78, 5) is 16.6. The number of anilines is 1. The number of pyridine rings is 1. The molecule has 0 saturated carbocycles. The summed E-state index contributed by atoms with van der Waals surface area (Å²) >= 11 is 0.